The molecule has 2 amide bonds. The third-order valence-corrected chi connectivity index (χ3v) is 4.51. The van der Waals surface area contributed by atoms with Crippen molar-refractivity contribution in [2.75, 3.05) is 10.6 Å². The molecule has 3 rings (SSSR count). The van der Waals surface area contributed by atoms with Gasteiger partial charge in [0.05, 0.1) is 33.8 Å². The molecule has 2 atom stereocenters. The highest BCUT2D eigenvalue weighted by atomic mass is 35.5. The molecule has 5 nitrogen and oxygen atoms in total. The van der Waals surface area contributed by atoms with Crippen LogP contribution in [0.3, 0.4) is 0 Å². The van der Waals surface area contributed by atoms with Crippen LogP contribution in [0.15, 0.2) is 42.5 Å². The lowest BCUT2D eigenvalue weighted by Crippen LogP contribution is -2.21. The number of rotatable bonds is 4. The van der Waals surface area contributed by atoms with E-state index in [0.29, 0.717) is 33.4 Å². The van der Waals surface area contributed by atoms with Crippen LogP contribution in [0.2, 0.25) is 10.0 Å². The van der Waals surface area contributed by atoms with Gasteiger partial charge >= 0.3 is 0 Å². The van der Waals surface area contributed by atoms with E-state index in [1.54, 1.807) is 36.4 Å². The molecule has 25 heavy (non-hydrogen) atoms. The molecule has 2 unspecified atom stereocenters. The summed E-state index contributed by atoms with van der Waals surface area (Å²) < 4.78 is 0. The molecule has 0 aliphatic heterocycles. The Hall–Kier alpha value is -2.55. The topological polar surface area (TPSA) is 82.0 Å². The summed E-state index contributed by atoms with van der Waals surface area (Å²) >= 11 is 11.9. The van der Waals surface area contributed by atoms with E-state index in [-0.39, 0.29) is 11.8 Å². The largest absolute Gasteiger partial charge is 0.325 e. The van der Waals surface area contributed by atoms with Crippen molar-refractivity contribution in [1.82, 2.24) is 0 Å². The number of carbonyl (C=O) groups is 2. The first-order valence-electron chi connectivity index (χ1n) is 7.55. The number of amides is 2. The highest BCUT2D eigenvalue weighted by Gasteiger charge is 2.48. The fraction of sp³-hybridized carbons (Fsp3) is 0.167. The normalized spacial score (nSPS) is 18.1. The lowest BCUT2D eigenvalue weighted by molar-refractivity contribution is -0.122. The number of nitrogens with zero attached hydrogens (tertiary/aromatic N) is 1. The minimum Gasteiger partial charge on any atom is -0.325 e. The summed E-state index contributed by atoms with van der Waals surface area (Å²) in [7, 11) is 0. The molecular formula is C18H13Cl2N3O2. The standard InChI is InChI=1S/C18H13Cl2N3O2/c19-11-5-6-16(14(20)7-11)23-18(25)13-8-12(13)17(24)22-15-4-2-1-3-10(15)9-21/h1-7,12-13H,8H2,(H,22,24)(H,23,25). The van der Waals surface area contributed by atoms with Crippen molar-refractivity contribution in [2.45, 2.75) is 6.42 Å². The van der Waals surface area contributed by atoms with Gasteiger partial charge in [-0.05, 0) is 36.8 Å². The van der Waals surface area contributed by atoms with Gasteiger partial charge in [0, 0.05) is 5.02 Å². The van der Waals surface area contributed by atoms with E-state index in [0.717, 1.165) is 0 Å². The van der Waals surface area contributed by atoms with Crippen LogP contribution in [-0.2, 0) is 9.59 Å². The summed E-state index contributed by atoms with van der Waals surface area (Å²) in [5.74, 6) is -1.37. The van der Waals surface area contributed by atoms with Gasteiger partial charge in [-0.15, -0.1) is 0 Å². The van der Waals surface area contributed by atoms with E-state index < -0.39 is 11.8 Å². The Morgan fingerprint density at radius 1 is 1.00 bits per heavy atom. The molecule has 7 heteroatoms. The van der Waals surface area contributed by atoms with E-state index in [4.69, 9.17) is 28.5 Å². The third kappa shape index (κ3) is 3.93. The number of nitriles is 1. The van der Waals surface area contributed by atoms with Crippen molar-refractivity contribution in [2.24, 2.45) is 11.8 Å². The summed E-state index contributed by atoms with van der Waals surface area (Å²) in [6.07, 6.45) is 0.456. The molecule has 1 aliphatic carbocycles. The van der Waals surface area contributed by atoms with E-state index in [1.807, 2.05) is 6.07 Å². The minimum absolute atomic E-state index is 0.266. The predicted molar refractivity (Wildman–Crippen MR) is 96.5 cm³/mol. The van der Waals surface area contributed by atoms with Gasteiger partial charge in [-0.3, -0.25) is 9.59 Å². The first-order valence-corrected chi connectivity index (χ1v) is 8.31. The number of halogens is 2. The molecule has 1 fully saturated rings. The maximum atomic E-state index is 12.3. The molecule has 0 bridgehead atoms. The van der Waals surface area contributed by atoms with Gasteiger partial charge in [0.2, 0.25) is 11.8 Å². The average molecular weight is 374 g/mol. The number of benzene rings is 2. The third-order valence-electron chi connectivity index (χ3n) is 3.96. The smallest absolute Gasteiger partial charge is 0.228 e. The molecule has 0 saturated heterocycles. The monoisotopic (exact) mass is 373 g/mol. The fourth-order valence-electron chi connectivity index (χ4n) is 2.51. The summed E-state index contributed by atoms with van der Waals surface area (Å²) in [6, 6.07) is 13.5. The van der Waals surface area contributed by atoms with Crippen LogP contribution in [0, 0.1) is 23.2 Å². The van der Waals surface area contributed by atoms with E-state index in [1.165, 1.54) is 6.07 Å². The predicted octanol–water partition coefficient (Wildman–Crippen LogP) is 4.08. The Balaban J connectivity index is 1.61. The van der Waals surface area contributed by atoms with Gasteiger partial charge in [0.1, 0.15) is 6.07 Å². The number of anilines is 2. The molecule has 2 N–H and O–H groups in total. The minimum atomic E-state index is -0.419. The first kappa shape index (κ1) is 17.3. The van der Waals surface area contributed by atoms with Crippen LogP contribution in [0.25, 0.3) is 0 Å². The van der Waals surface area contributed by atoms with Gasteiger partial charge in [-0.1, -0.05) is 35.3 Å². The van der Waals surface area contributed by atoms with E-state index >= 15 is 0 Å². The first-order chi connectivity index (χ1) is 12.0. The highest BCUT2D eigenvalue weighted by molar-refractivity contribution is 6.36. The Bertz CT molecular complexity index is 892. The number of nitrogens with one attached hydrogen (secondary N) is 2. The molecule has 0 spiro atoms. The van der Waals surface area contributed by atoms with Gasteiger partial charge in [0.15, 0.2) is 0 Å². The number of para-hydroxylation sites is 1. The van der Waals surface area contributed by atoms with Crippen LogP contribution in [0.4, 0.5) is 11.4 Å². The van der Waals surface area contributed by atoms with Crippen molar-refractivity contribution < 1.29 is 9.59 Å². The van der Waals surface area contributed by atoms with Crippen molar-refractivity contribution in [3.05, 3.63) is 58.1 Å². The maximum absolute atomic E-state index is 12.3. The molecule has 0 radical (unpaired) electrons. The zero-order valence-electron chi connectivity index (χ0n) is 12.9. The fourth-order valence-corrected chi connectivity index (χ4v) is 2.96. The number of hydrogen-bond acceptors (Lipinski definition) is 3. The Kier molecular flexibility index (Phi) is 4.93. The van der Waals surface area contributed by atoms with Crippen LogP contribution >= 0.6 is 23.2 Å². The number of carbonyl (C=O) groups excluding carboxylic acids is 2. The number of hydrogen-bond donors (Lipinski definition) is 2. The zero-order valence-corrected chi connectivity index (χ0v) is 14.4. The zero-order chi connectivity index (χ0) is 18.0. The second kappa shape index (κ2) is 7.14. The molecule has 2 aromatic carbocycles. The average Bonchev–Trinajstić information content (AvgIpc) is 3.39. The SMILES string of the molecule is N#Cc1ccccc1NC(=O)C1CC1C(=O)Nc1ccc(Cl)cc1Cl. The van der Waals surface area contributed by atoms with Crippen molar-refractivity contribution in [3.63, 3.8) is 0 Å². The molecule has 126 valence electrons. The highest BCUT2D eigenvalue weighted by Crippen LogP contribution is 2.41. The van der Waals surface area contributed by atoms with Gasteiger partial charge in [-0.25, -0.2) is 0 Å². The Morgan fingerprint density at radius 2 is 1.64 bits per heavy atom. The summed E-state index contributed by atoms with van der Waals surface area (Å²) in [6.45, 7) is 0. The van der Waals surface area contributed by atoms with Crippen LogP contribution in [0.1, 0.15) is 12.0 Å². The lowest BCUT2D eigenvalue weighted by atomic mass is 10.2. The van der Waals surface area contributed by atoms with Crippen LogP contribution in [0.5, 0.6) is 0 Å². The molecular weight excluding hydrogens is 361 g/mol. The van der Waals surface area contributed by atoms with Gasteiger partial charge in [-0.2, -0.15) is 5.26 Å². The molecule has 1 aliphatic rings. The maximum Gasteiger partial charge on any atom is 0.228 e. The molecule has 2 aromatic rings. The summed E-state index contributed by atoms with van der Waals surface area (Å²) in [5.41, 5.74) is 1.28. The van der Waals surface area contributed by atoms with E-state index in [2.05, 4.69) is 10.6 Å². The Labute approximate surface area is 154 Å². The molecule has 0 heterocycles. The van der Waals surface area contributed by atoms with Gasteiger partial charge in [0.25, 0.3) is 0 Å². The lowest BCUT2D eigenvalue weighted by Gasteiger charge is -2.08. The van der Waals surface area contributed by atoms with Crippen molar-refractivity contribution in [3.8, 4) is 6.07 Å². The van der Waals surface area contributed by atoms with Crippen molar-refractivity contribution in [1.29, 1.82) is 5.26 Å². The summed E-state index contributed by atoms with van der Waals surface area (Å²) in [5, 5.41) is 15.3. The molecule has 1 saturated carbocycles. The van der Waals surface area contributed by atoms with Crippen LogP contribution in [-0.4, -0.2) is 11.8 Å². The second-order valence-electron chi connectivity index (χ2n) is 5.71. The van der Waals surface area contributed by atoms with E-state index in [9.17, 15) is 9.59 Å². The van der Waals surface area contributed by atoms with Gasteiger partial charge < -0.3 is 10.6 Å². The summed E-state index contributed by atoms with van der Waals surface area (Å²) in [4.78, 5) is 24.5. The quantitative estimate of drug-likeness (QED) is 0.846. The van der Waals surface area contributed by atoms with Crippen LogP contribution < -0.4 is 10.6 Å². The second-order valence-corrected chi connectivity index (χ2v) is 6.55. The van der Waals surface area contributed by atoms with Crippen molar-refractivity contribution >= 4 is 46.4 Å². The molecule has 0 aromatic heterocycles. The Morgan fingerprint density at radius 3 is 2.28 bits per heavy atom.